The lowest BCUT2D eigenvalue weighted by Crippen LogP contribution is -2.31. The van der Waals surface area contributed by atoms with Gasteiger partial charge in [-0.05, 0) is 43.3 Å². The minimum atomic E-state index is -3.42. The second-order valence-corrected chi connectivity index (χ2v) is 8.01. The molecule has 0 aliphatic carbocycles. The van der Waals surface area contributed by atoms with Gasteiger partial charge in [0.05, 0.1) is 11.0 Å². The van der Waals surface area contributed by atoms with E-state index in [0.29, 0.717) is 5.69 Å². The number of carbonyl (C=O) groups excluding carboxylic acids is 1. The molecule has 0 aliphatic heterocycles. The van der Waals surface area contributed by atoms with Gasteiger partial charge in [0.2, 0.25) is 5.91 Å². The predicted molar refractivity (Wildman–Crippen MR) is 94.5 cm³/mol. The number of sulfone groups is 1. The SMILES string of the molecule is CC(C(=O)Nc1ccc(-c2nc3ccccc3[nH]2)cc1)S(C)(=O)=O. The molecule has 1 amide bonds. The van der Waals surface area contributed by atoms with E-state index in [-0.39, 0.29) is 0 Å². The van der Waals surface area contributed by atoms with Crippen LogP contribution in [0.5, 0.6) is 0 Å². The van der Waals surface area contributed by atoms with Crippen molar-refractivity contribution in [1.29, 1.82) is 0 Å². The first-order valence-electron chi connectivity index (χ1n) is 7.39. The average Bonchev–Trinajstić information content (AvgIpc) is 2.98. The first kappa shape index (κ1) is 16.2. The lowest BCUT2D eigenvalue weighted by molar-refractivity contribution is -0.115. The number of imidazole rings is 1. The van der Waals surface area contributed by atoms with Crippen molar-refractivity contribution in [2.45, 2.75) is 12.2 Å². The van der Waals surface area contributed by atoms with Crippen LogP contribution in [-0.2, 0) is 14.6 Å². The highest BCUT2D eigenvalue weighted by Crippen LogP contribution is 2.22. The van der Waals surface area contributed by atoms with Crippen molar-refractivity contribution in [2.24, 2.45) is 0 Å². The first-order valence-corrected chi connectivity index (χ1v) is 9.35. The van der Waals surface area contributed by atoms with Gasteiger partial charge >= 0.3 is 0 Å². The van der Waals surface area contributed by atoms with Crippen LogP contribution in [-0.4, -0.2) is 35.8 Å². The molecule has 2 aromatic carbocycles. The molecule has 0 aliphatic rings. The quantitative estimate of drug-likeness (QED) is 0.761. The summed E-state index contributed by atoms with van der Waals surface area (Å²) < 4.78 is 22.8. The van der Waals surface area contributed by atoms with Gasteiger partial charge in [0.15, 0.2) is 9.84 Å². The fourth-order valence-electron chi connectivity index (χ4n) is 2.24. The molecule has 1 unspecified atom stereocenters. The number of fused-ring (bicyclic) bond motifs is 1. The Hall–Kier alpha value is -2.67. The van der Waals surface area contributed by atoms with E-state index < -0.39 is 21.0 Å². The van der Waals surface area contributed by atoms with Crippen LogP contribution < -0.4 is 5.32 Å². The molecule has 0 fully saturated rings. The molecule has 1 heterocycles. The number of carbonyl (C=O) groups is 1. The van der Waals surface area contributed by atoms with Gasteiger partial charge in [0, 0.05) is 17.5 Å². The molecule has 1 atom stereocenters. The van der Waals surface area contributed by atoms with Gasteiger partial charge in [0.1, 0.15) is 11.1 Å². The first-order chi connectivity index (χ1) is 11.3. The minimum Gasteiger partial charge on any atom is -0.338 e. The lowest BCUT2D eigenvalue weighted by atomic mass is 10.2. The second-order valence-electron chi connectivity index (χ2n) is 5.64. The highest BCUT2D eigenvalue weighted by molar-refractivity contribution is 7.92. The van der Waals surface area contributed by atoms with Crippen molar-refractivity contribution in [3.05, 3.63) is 48.5 Å². The zero-order valence-electron chi connectivity index (χ0n) is 13.3. The van der Waals surface area contributed by atoms with Crippen molar-refractivity contribution in [3.63, 3.8) is 0 Å². The third-order valence-electron chi connectivity index (χ3n) is 3.83. The van der Waals surface area contributed by atoms with Gasteiger partial charge in [-0.1, -0.05) is 12.1 Å². The maximum absolute atomic E-state index is 11.9. The summed E-state index contributed by atoms with van der Waals surface area (Å²) in [6.07, 6.45) is 1.04. The number of hydrogen-bond acceptors (Lipinski definition) is 4. The molecule has 24 heavy (non-hydrogen) atoms. The Bertz CT molecular complexity index is 958. The summed E-state index contributed by atoms with van der Waals surface area (Å²) >= 11 is 0. The van der Waals surface area contributed by atoms with Crippen LogP contribution in [0.25, 0.3) is 22.4 Å². The van der Waals surface area contributed by atoms with Gasteiger partial charge in [-0.2, -0.15) is 0 Å². The van der Waals surface area contributed by atoms with Crippen LogP contribution in [0, 0.1) is 0 Å². The Morgan fingerprint density at radius 2 is 1.79 bits per heavy atom. The summed E-state index contributed by atoms with van der Waals surface area (Å²) in [5, 5.41) is 1.51. The number of anilines is 1. The summed E-state index contributed by atoms with van der Waals surface area (Å²) in [4.78, 5) is 19.7. The number of nitrogens with one attached hydrogen (secondary N) is 2. The fraction of sp³-hybridized carbons (Fsp3) is 0.176. The summed E-state index contributed by atoms with van der Waals surface area (Å²) in [6, 6.07) is 14.8. The van der Waals surface area contributed by atoms with Gasteiger partial charge in [-0.25, -0.2) is 13.4 Å². The molecule has 3 rings (SSSR count). The summed E-state index contributed by atoms with van der Waals surface area (Å²) in [5.74, 6) is 0.188. The zero-order valence-corrected chi connectivity index (χ0v) is 14.1. The Labute approximate surface area is 139 Å². The molecule has 124 valence electrons. The van der Waals surface area contributed by atoms with Crippen molar-refractivity contribution < 1.29 is 13.2 Å². The molecular weight excluding hydrogens is 326 g/mol. The van der Waals surface area contributed by atoms with Crippen LogP contribution in [0.3, 0.4) is 0 Å². The summed E-state index contributed by atoms with van der Waals surface area (Å²) in [6.45, 7) is 1.37. The highest BCUT2D eigenvalue weighted by Gasteiger charge is 2.23. The van der Waals surface area contributed by atoms with E-state index >= 15 is 0 Å². The monoisotopic (exact) mass is 343 g/mol. The molecule has 0 bridgehead atoms. The molecular formula is C17H17N3O3S. The van der Waals surface area contributed by atoms with Crippen LogP contribution in [0.2, 0.25) is 0 Å². The second kappa shape index (κ2) is 6.09. The van der Waals surface area contributed by atoms with Gasteiger partial charge < -0.3 is 10.3 Å². The van der Waals surface area contributed by atoms with Crippen molar-refractivity contribution in [1.82, 2.24) is 9.97 Å². The zero-order chi connectivity index (χ0) is 17.3. The van der Waals surface area contributed by atoms with E-state index in [1.54, 1.807) is 12.1 Å². The van der Waals surface area contributed by atoms with E-state index in [2.05, 4.69) is 15.3 Å². The number of hydrogen-bond donors (Lipinski definition) is 2. The highest BCUT2D eigenvalue weighted by atomic mass is 32.2. The lowest BCUT2D eigenvalue weighted by Gasteiger charge is -2.10. The molecule has 1 aromatic heterocycles. The van der Waals surface area contributed by atoms with E-state index in [1.807, 2.05) is 36.4 Å². The van der Waals surface area contributed by atoms with E-state index in [1.165, 1.54) is 6.92 Å². The third-order valence-corrected chi connectivity index (χ3v) is 5.33. The fourth-order valence-corrected chi connectivity index (χ4v) is 2.69. The Morgan fingerprint density at radius 1 is 1.12 bits per heavy atom. The molecule has 7 heteroatoms. The topological polar surface area (TPSA) is 91.9 Å². The Kier molecular flexibility index (Phi) is 4.11. The smallest absolute Gasteiger partial charge is 0.242 e. The number of aromatic amines is 1. The molecule has 0 saturated carbocycles. The number of benzene rings is 2. The van der Waals surface area contributed by atoms with Gasteiger partial charge in [-0.15, -0.1) is 0 Å². The maximum atomic E-state index is 11.9. The standard InChI is InChI=1S/C17H17N3O3S/c1-11(24(2,22)23)17(21)18-13-9-7-12(8-10-13)16-19-14-5-3-4-6-15(14)20-16/h3-11H,1-2H3,(H,18,21)(H,19,20). The van der Waals surface area contributed by atoms with Gasteiger partial charge in [-0.3, -0.25) is 4.79 Å². The number of H-pyrrole nitrogens is 1. The third kappa shape index (κ3) is 3.30. The molecule has 0 spiro atoms. The molecule has 2 N–H and O–H groups in total. The summed E-state index contributed by atoms with van der Waals surface area (Å²) in [7, 11) is -3.42. The Morgan fingerprint density at radius 3 is 2.42 bits per heavy atom. The van der Waals surface area contributed by atoms with Crippen LogP contribution >= 0.6 is 0 Å². The van der Waals surface area contributed by atoms with Crippen LogP contribution in [0.15, 0.2) is 48.5 Å². The predicted octanol–water partition coefficient (Wildman–Crippen LogP) is 2.60. The van der Waals surface area contributed by atoms with Crippen molar-refractivity contribution in [2.75, 3.05) is 11.6 Å². The largest absolute Gasteiger partial charge is 0.338 e. The summed E-state index contributed by atoms with van der Waals surface area (Å²) in [5.41, 5.74) is 3.24. The maximum Gasteiger partial charge on any atom is 0.242 e. The number of para-hydroxylation sites is 2. The number of rotatable bonds is 4. The van der Waals surface area contributed by atoms with Crippen LogP contribution in [0.4, 0.5) is 5.69 Å². The number of aromatic nitrogens is 2. The van der Waals surface area contributed by atoms with E-state index in [0.717, 1.165) is 28.7 Å². The normalized spacial score (nSPS) is 12.9. The van der Waals surface area contributed by atoms with E-state index in [4.69, 9.17) is 0 Å². The minimum absolute atomic E-state index is 0.537. The van der Waals surface area contributed by atoms with Crippen LogP contribution in [0.1, 0.15) is 6.92 Å². The molecule has 3 aromatic rings. The Balaban J connectivity index is 1.79. The van der Waals surface area contributed by atoms with Crippen molar-refractivity contribution in [3.8, 4) is 11.4 Å². The van der Waals surface area contributed by atoms with Crippen molar-refractivity contribution >= 4 is 32.5 Å². The van der Waals surface area contributed by atoms with Gasteiger partial charge in [0.25, 0.3) is 0 Å². The average molecular weight is 343 g/mol. The molecule has 0 saturated heterocycles. The number of nitrogens with zero attached hydrogens (tertiary/aromatic N) is 1. The molecule has 0 radical (unpaired) electrons. The molecule has 6 nitrogen and oxygen atoms in total. The number of amides is 1. The van der Waals surface area contributed by atoms with E-state index in [9.17, 15) is 13.2 Å².